The molecule has 2 aromatic heterocycles. The van der Waals surface area contributed by atoms with Crippen molar-refractivity contribution < 1.29 is 9.84 Å². The van der Waals surface area contributed by atoms with Gasteiger partial charge in [0.05, 0.1) is 30.6 Å². The maximum Gasteiger partial charge on any atom is 0.131 e. The van der Waals surface area contributed by atoms with Gasteiger partial charge >= 0.3 is 0 Å². The zero-order valence-electron chi connectivity index (χ0n) is 11.7. The number of aliphatic hydroxyl groups is 1. The molecule has 110 valence electrons. The van der Waals surface area contributed by atoms with E-state index in [9.17, 15) is 5.11 Å². The fourth-order valence-corrected chi connectivity index (χ4v) is 2.92. The van der Waals surface area contributed by atoms with Gasteiger partial charge in [-0.3, -0.25) is 4.68 Å². The summed E-state index contributed by atoms with van der Waals surface area (Å²) in [6.07, 6.45) is 0.779. The lowest BCUT2D eigenvalue weighted by Crippen LogP contribution is -2.21. The number of ether oxygens (including phenoxy) is 1. The number of aliphatic hydroxyl groups excluding tert-OH is 1. The van der Waals surface area contributed by atoms with E-state index in [2.05, 4.69) is 10.00 Å². The van der Waals surface area contributed by atoms with Crippen LogP contribution >= 0.6 is 22.9 Å². The summed E-state index contributed by atoms with van der Waals surface area (Å²) >= 11 is 7.60. The molecule has 0 aliphatic rings. The molecule has 5 nitrogen and oxygen atoms in total. The standard InChI is InChI=1S/C13H18ClN3O2S/c1-16(2)4-5-17-12(10(14)7-15-17)13(18)11-6-9(19-3)8-20-11/h6-8,13,18H,4-5H2,1-3H3. The molecule has 0 aliphatic carbocycles. The van der Waals surface area contributed by atoms with Crippen molar-refractivity contribution in [2.24, 2.45) is 0 Å². The van der Waals surface area contributed by atoms with Crippen molar-refractivity contribution in [3.63, 3.8) is 0 Å². The summed E-state index contributed by atoms with van der Waals surface area (Å²) in [4.78, 5) is 2.84. The molecule has 0 aliphatic heterocycles. The molecule has 1 atom stereocenters. The van der Waals surface area contributed by atoms with Crippen LogP contribution in [-0.2, 0) is 6.54 Å². The topological polar surface area (TPSA) is 50.5 Å². The smallest absolute Gasteiger partial charge is 0.131 e. The van der Waals surface area contributed by atoms with Crippen LogP contribution < -0.4 is 4.74 Å². The first-order valence-corrected chi connectivity index (χ1v) is 7.45. The molecule has 0 amide bonds. The van der Waals surface area contributed by atoms with Gasteiger partial charge in [-0.15, -0.1) is 11.3 Å². The van der Waals surface area contributed by atoms with Crippen molar-refractivity contribution in [2.75, 3.05) is 27.7 Å². The van der Waals surface area contributed by atoms with Crippen molar-refractivity contribution in [3.05, 3.63) is 33.2 Å². The molecule has 1 unspecified atom stereocenters. The zero-order valence-corrected chi connectivity index (χ0v) is 13.3. The molecule has 0 aromatic carbocycles. The minimum Gasteiger partial charge on any atom is -0.496 e. The highest BCUT2D eigenvalue weighted by molar-refractivity contribution is 7.10. The van der Waals surface area contributed by atoms with Crippen LogP contribution in [0.25, 0.3) is 0 Å². The van der Waals surface area contributed by atoms with E-state index < -0.39 is 6.10 Å². The van der Waals surface area contributed by atoms with Gasteiger partial charge in [0.25, 0.3) is 0 Å². The molecular formula is C13H18ClN3O2S. The summed E-state index contributed by atoms with van der Waals surface area (Å²) < 4.78 is 6.89. The SMILES string of the molecule is COc1csc(C(O)c2c(Cl)cnn2CCN(C)C)c1. The molecule has 0 radical (unpaired) electrons. The van der Waals surface area contributed by atoms with Gasteiger partial charge in [0.15, 0.2) is 0 Å². The van der Waals surface area contributed by atoms with Crippen molar-refractivity contribution >= 4 is 22.9 Å². The molecule has 7 heteroatoms. The van der Waals surface area contributed by atoms with Crippen LogP contribution in [0, 0.1) is 0 Å². The minimum absolute atomic E-state index is 0.476. The van der Waals surface area contributed by atoms with E-state index in [4.69, 9.17) is 16.3 Å². The summed E-state index contributed by atoms with van der Waals surface area (Å²) in [5, 5.41) is 17.1. The predicted octanol–water partition coefficient (Wildman–Crippen LogP) is 2.25. The number of likely N-dealkylation sites (N-methyl/N-ethyl adjacent to an activating group) is 1. The van der Waals surface area contributed by atoms with Gasteiger partial charge in [0.1, 0.15) is 11.9 Å². The van der Waals surface area contributed by atoms with E-state index in [0.717, 1.165) is 17.2 Å². The highest BCUT2D eigenvalue weighted by Crippen LogP contribution is 2.33. The molecular weight excluding hydrogens is 298 g/mol. The van der Waals surface area contributed by atoms with Crippen LogP contribution in [0.3, 0.4) is 0 Å². The molecule has 2 heterocycles. The highest BCUT2D eigenvalue weighted by Gasteiger charge is 2.21. The first-order valence-electron chi connectivity index (χ1n) is 6.19. The Hall–Kier alpha value is -1.08. The molecule has 0 saturated carbocycles. The molecule has 0 saturated heterocycles. The number of thiophene rings is 1. The van der Waals surface area contributed by atoms with Gasteiger partial charge in [0.2, 0.25) is 0 Å². The van der Waals surface area contributed by atoms with Crippen LogP contribution in [-0.4, -0.2) is 47.5 Å². The monoisotopic (exact) mass is 315 g/mol. The lowest BCUT2D eigenvalue weighted by atomic mass is 10.2. The molecule has 20 heavy (non-hydrogen) atoms. The van der Waals surface area contributed by atoms with E-state index in [1.54, 1.807) is 18.0 Å². The number of methoxy groups -OCH3 is 1. The first kappa shape index (κ1) is 15.3. The van der Waals surface area contributed by atoms with Crippen molar-refractivity contribution in [1.82, 2.24) is 14.7 Å². The third kappa shape index (κ3) is 3.32. The Labute approximate surface area is 127 Å². The summed E-state index contributed by atoms with van der Waals surface area (Å²) in [5.41, 5.74) is 0.623. The first-order chi connectivity index (χ1) is 9.52. The molecule has 2 rings (SSSR count). The fraction of sp³-hybridized carbons (Fsp3) is 0.462. The Morgan fingerprint density at radius 3 is 2.90 bits per heavy atom. The summed E-state index contributed by atoms with van der Waals surface area (Å²) in [7, 11) is 5.59. The average Bonchev–Trinajstić information content (AvgIpc) is 3.02. The second-order valence-corrected chi connectivity index (χ2v) is 6.05. The average molecular weight is 316 g/mol. The summed E-state index contributed by atoms with van der Waals surface area (Å²) in [6, 6.07) is 1.81. The predicted molar refractivity (Wildman–Crippen MR) is 80.7 cm³/mol. The number of hydrogen-bond acceptors (Lipinski definition) is 5. The second-order valence-electron chi connectivity index (χ2n) is 4.70. The third-order valence-corrected chi connectivity index (χ3v) is 4.21. The lowest BCUT2D eigenvalue weighted by molar-refractivity contribution is 0.209. The van der Waals surface area contributed by atoms with E-state index in [1.165, 1.54) is 11.3 Å². The van der Waals surface area contributed by atoms with Crippen LogP contribution in [0.5, 0.6) is 5.75 Å². The number of hydrogen-bond donors (Lipinski definition) is 1. The van der Waals surface area contributed by atoms with Gasteiger partial charge < -0.3 is 14.7 Å². The van der Waals surface area contributed by atoms with Crippen LogP contribution in [0.4, 0.5) is 0 Å². The number of aromatic nitrogens is 2. The Morgan fingerprint density at radius 2 is 2.30 bits per heavy atom. The third-order valence-electron chi connectivity index (χ3n) is 2.95. The van der Waals surface area contributed by atoms with Crippen molar-refractivity contribution in [3.8, 4) is 5.75 Å². The Morgan fingerprint density at radius 1 is 1.55 bits per heavy atom. The normalized spacial score (nSPS) is 12.9. The van der Waals surface area contributed by atoms with Crippen LogP contribution in [0.15, 0.2) is 17.6 Å². The van der Waals surface area contributed by atoms with Gasteiger partial charge in [-0.25, -0.2) is 0 Å². The Kier molecular flexibility index (Phi) is 5.04. The largest absolute Gasteiger partial charge is 0.496 e. The molecule has 2 aromatic rings. The van der Waals surface area contributed by atoms with E-state index in [-0.39, 0.29) is 0 Å². The molecule has 0 spiro atoms. The zero-order chi connectivity index (χ0) is 14.7. The van der Waals surface area contributed by atoms with E-state index in [1.807, 2.05) is 25.5 Å². The number of nitrogens with zero attached hydrogens (tertiary/aromatic N) is 3. The maximum absolute atomic E-state index is 10.5. The molecule has 1 N–H and O–H groups in total. The van der Waals surface area contributed by atoms with Gasteiger partial charge in [0, 0.05) is 16.8 Å². The van der Waals surface area contributed by atoms with Crippen molar-refractivity contribution in [1.29, 1.82) is 0 Å². The Balaban J connectivity index is 2.24. The van der Waals surface area contributed by atoms with Crippen LogP contribution in [0.2, 0.25) is 5.02 Å². The van der Waals surface area contributed by atoms with Crippen LogP contribution in [0.1, 0.15) is 16.7 Å². The molecule has 0 fully saturated rings. The highest BCUT2D eigenvalue weighted by atomic mass is 35.5. The lowest BCUT2D eigenvalue weighted by Gasteiger charge is -2.15. The summed E-state index contributed by atoms with van der Waals surface area (Å²) in [6.45, 7) is 1.50. The van der Waals surface area contributed by atoms with Gasteiger partial charge in [-0.1, -0.05) is 11.6 Å². The van der Waals surface area contributed by atoms with E-state index in [0.29, 0.717) is 17.3 Å². The fourth-order valence-electron chi connectivity index (χ4n) is 1.84. The number of rotatable bonds is 6. The summed E-state index contributed by atoms with van der Waals surface area (Å²) in [5.74, 6) is 0.736. The Bertz CT molecular complexity index is 568. The maximum atomic E-state index is 10.5. The number of halogens is 1. The minimum atomic E-state index is -0.791. The van der Waals surface area contributed by atoms with Gasteiger partial charge in [-0.05, 0) is 20.2 Å². The quantitative estimate of drug-likeness (QED) is 0.888. The van der Waals surface area contributed by atoms with Crippen molar-refractivity contribution in [2.45, 2.75) is 12.6 Å². The second kappa shape index (κ2) is 6.58. The van der Waals surface area contributed by atoms with Gasteiger partial charge in [-0.2, -0.15) is 5.10 Å². The molecule has 0 bridgehead atoms. The van der Waals surface area contributed by atoms with E-state index >= 15 is 0 Å².